The Kier molecular flexibility index (Phi) is 6.03. The van der Waals surface area contributed by atoms with Crippen molar-refractivity contribution < 1.29 is 4.79 Å². The lowest BCUT2D eigenvalue weighted by Gasteiger charge is -2.26. The molecule has 0 spiro atoms. The minimum Gasteiger partial charge on any atom is -0.370 e. The van der Waals surface area contributed by atoms with Crippen LogP contribution in [0.25, 0.3) is 0 Å². The highest BCUT2D eigenvalue weighted by molar-refractivity contribution is 5.92. The van der Waals surface area contributed by atoms with Gasteiger partial charge >= 0.3 is 0 Å². The molecule has 0 bridgehead atoms. The molecule has 4 nitrogen and oxygen atoms in total. The Morgan fingerprint density at radius 2 is 2.10 bits per heavy atom. The number of carbonyl (C=O) groups excluding carboxylic acids is 1. The van der Waals surface area contributed by atoms with Crippen molar-refractivity contribution in [2.45, 2.75) is 45.4 Å². The second-order valence-corrected chi connectivity index (χ2v) is 6.02. The van der Waals surface area contributed by atoms with Crippen LogP contribution in [0.4, 0.5) is 5.82 Å². The quantitative estimate of drug-likeness (QED) is 0.871. The van der Waals surface area contributed by atoms with Gasteiger partial charge in [0, 0.05) is 20.1 Å². The van der Waals surface area contributed by atoms with E-state index in [1.807, 2.05) is 24.1 Å². The standard InChI is InChI=1S/C17H27N3O/c1-3-12-18-16-11-7-10-15(19-16)17(21)20(2)13-14-8-5-4-6-9-14/h7,10-11,14H,3-6,8-9,12-13H2,1-2H3,(H,18,19). The molecule has 4 heteroatoms. The number of hydrogen-bond acceptors (Lipinski definition) is 3. The van der Waals surface area contributed by atoms with Gasteiger partial charge in [-0.3, -0.25) is 4.79 Å². The van der Waals surface area contributed by atoms with Crippen molar-refractivity contribution in [1.29, 1.82) is 0 Å². The number of amides is 1. The molecule has 0 aromatic carbocycles. The van der Waals surface area contributed by atoms with Crippen molar-refractivity contribution in [1.82, 2.24) is 9.88 Å². The predicted octanol–water partition coefficient (Wildman–Crippen LogP) is 3.56. The lowest BCUT2D eigenvalue weighted by atomic mass is 9.89. The monoisotopic (exact) mass is 289 g/mol. The summed E-state index contributed by atoms with van der Waals surface area (Å²) in [6.45, 7) is 3.84. The van der Waals surface area contributed by atoms with Crippen LogP contribution in [0.5, 0.6) is 0 Å². The molecule has 1 saturated carbocycles. The van der Waals surface area contributed by atoms with E-state index in [0.717, 1.165) is 25.3 Å². The molecule has 0 saturated heterocycles. The molecule has 1 amide bonds. The first kappa shape index (κ1) is 15.8. The number of carbonyl (C=O) groups is 1. The molecular formula is C17H27N3O. The summed E-state index contributed by atoms with van der Waals surface area (Å²) in [4.78, 5) is 18.7. The zero-order valence-electron chi connectivity index (χ0n) is 13.3. The second-order valence-electron chi connectivity index (χ2n) is 6.02. The Labute approximate surface area is 127 Å². The second kappa shape index (κ2) is 8.01. The summed E-state index contributed by atoms with van der Waals surface area (Å²) < 4.78 is 0. The van der Waals surface area contributed by atoms with Gasteiger partial charge in [0.2, 0.25) is 0 Å². The molecule has 1 aliphatic carbocycles. The first-order valence-electron chi connectivity index (χ1n) is 8.17. The van der Waals surface area contributed by atoms with Crippen molar-refractivity contribution in [3.05, 3.63) is 23.9 Å². The number of aromatic nitrogens is 1. The molecule has 1 aliphatic rings. The van der Waals surface area contributed by atoms with Crippen molar-refractivity contribution in [3.8, 4) is 0 Å². The normalized spacial score (nSPS) is 15.7. The van der Waals surface area contributed by atoms with E-state index in [1.165, 1.54) is 32.1 Å². The number of nitrogens with one attached hydrogen (secondary N) is 1. The zero-order chi connectivity index (χ0) is 15.1. The summed E-state index contributed by atoms with van der Waals surface area (Å²) in [5.41, 5.74) is 0.536. The Bertz CT molecular complexity index is 455. The van der Waals surface area contributed by atoms with E-state index in [2.05, 4.69) is 17.2 Å². The van der Waals surface area contributed by atoms with Gasteiger partial charge in [-0.05, 0) is 37.3 Å². The van der Waals surface area contributed by atoms with Crippen LogP contribution in [0.15, 0.2) is 18.2 Å². The average Bonchev–Trinajstić information content (AvgIpc) is 2.53. The van der Waals surface area contributed by atoms with Crippen molar-refractivity contribution in [2.75, 3.05) is 25.5 Å². The third-order valence-electron chi connectivity index (χ3n) is 4.13. The van der Waals surface area contributed by atoms with Crippen LogP contribution in [0, 0.1) is 5.92 Å². The van der Waals surface area contributed by atoms with Crippen LogP contribution >= 0.6 is 0 Å². The Morgan fingerprint density at radius 3 is 2.81 bits per heavy atom. The molecule has 1 N–H and O–H groups in total. The topological polar surface area (TPSA) is 45.2 Å². The first-order valence-corrected chi connectivity index (χ1v) is 8.17. The van der Waals surface area contributed by atoms with Gasteiger partial charge in [0.05, 0.1) is 0 Å². The highest BCUT2D eigenvalue weighted by Crippen LogP contribution is 2.24. The summed E-state index contributed by atoms with van der Waals surface area (Å²) in [5, 5.41) is 3.23. The molecule has 0 unspecified atom stereocenters. The van der Waals surface area contributed by atoms with Gasteiger partial charge in [0.15, 0.2) is 0 Å². The van der Waals surface area contributed by atoms with E-state index >= 15 is 0 Å². The van der Waals surface area contributed by atoms with Crippen molar-refractivity contribution >= 4 is 11.7 Å². The van der Waals surface area contributed by atoms with Crippen molar-refractivity contribution in [2.24, 2.45) is 5.92 Å². The van der Waals surface area contributed by atoms with E-state index in [1.54, 1.807) is 6.07 Å². The van der Waals surface area contributed by atoms with Crippen LogP contribution in [0.1, 0.15) is 55.9 Å². The fourth-order valence-corrected chi connectivity index (χ4v) is 2.94. The predicted molar refractivity (Wildman–Crippen MR) is 86.6 cm³/mol. The minimum atomic E-state index is 0.0284. The first-order chi connectivity index (χ1) is 10.2. The molecule has 0 aliphatic heterocycles. The van der Waals surface area contributed by atoms with Gasteiger partial charge < -0.3 is 10.2 Å². The van der Waals surface area contributed by atoms with Crippen LogP contribution < -0.4 is 5.32 Å². The van der Waals surface area contributed by atoms with E-state index in [9.17, 15) is 4.79 Å². The van der Waals surface area contributed by atoms with Gasteiger partial charge in [-0.1, -0.05) is 32.3 Å². The van der Waals surface area contributed by atoms with Gasteiger partial charge in [0.1, 0.15) is 11.5 Å². The molecule has 1 heterocycles. The SMILES string of the molecule is CCCNc1cccc(C(=O)N(C)CC2CCCCC2)n1. The lowest BCUT2D eigenvalue weighted by Crippen LogP contribution is -2.33. The number of anilines is 1. The lowest BCUT2D eigenvalue weighted by molar-refractivity contribution is 0.0755. The van der Waals surface area contributed by atoms with Crippen LogP contribution in [-0.4, -0.2) is 35.9 Å². The summed E-state index contributed by atoms with van der Waals surface area (Å²) in [6, 6.07) is 5.61. The molecule has 0 radical (unpaired) electrons. The number of nitrogens with zero attached hydrogens (tertiary/aromatic N) is 2. The molecule has 116 valence electrons. The fraction of sp³-hybridized carbons (Fsp3) is 0.647. The van der Waals surface area contributed by atoms with Crippen molar-refractivity contribution in [3.63, 3.8) is 0 Å². The maximum Gasteiger partial charge on any atom is 0.272 e. The van der Waals surface area contributed by atoms with Gasteiger partial charge in [-0.25, -0.2) is 4.98 Å². The van der Waals surface area contributed by atoms with Gasteiger partial charge in [-0.15, -0.1) is 0 Å². The average molecular weight is 289 g/mol. The summed E-state index contributed by atoms with van der Waals surface area (Å²) in [6.07, 6.45) is 7.51. The smallest absolute Gasteiger partial charge is 0.272 e. The van der Waals surface area contributed by atoms with Crippen LogP contribution in [0.2, 0.25) is 0 Å². The summed E-state index contributed by atoms with van der Waals surface area (Å²) in [7, 11) is 1.89. The largest absolute Gasteiger partial charge is 0.370 e. The maximum absolute atomic E-state index is 12.5. The molecule has 2 rings (SSSR count). The summed E-state index contributed by atoms with van der Waals surface area (Å²) >= 11 is 0. The maximum atomic E-state index is 12.5. The minimum absolute atomic E-state index is 0.0284. The third kappa shape index (κ3) is 4.73. The number of hydrogen-bond donors (Lipinski definition) is 1. The third-order valence-corrected chi connectivity index (χ3v) is 4.13. The molecule has 1 aromatic heterocycles. The molecule has 1 aromatic rings. The summed E-state index contributed by atoms with van der Waals surface area (Å²) in [5.74, 6) is 1.48. The zero-order valence-corrected chi connectivity index (χ0v) is 13.3. The van der Waals surface area contributed by atoms with E-state index < -0.39 is 0 Å². The molecule has 21 heavy (non-hydrogen) atoms. The number of pyridine rings is 1. The fourth-order valence-electron chi connectivity index (χ4n) is 2.94. The molecule has 1 fully saturated rings. The van der Waals surface area contributed by atoms with E-state index in [-0.39, 0.29) is 5.91 Å². The number of rotatable bonds is 6. The van der Waals surface area contributed by atoms with Gasteiger partial charge in [-0.2, -0.15) is 0 Å². The Hall–Kier alpha value is -1.58. The Balaban J connectivity index is 1.94. The highest BCUT2D eigenvalue weighted by atomic mass is 16.2. The Morgan fingerprint density at radius 1 is 1.33 bits per heavy atom. The molecular weight excluding hydrogens is 262 g/mol. The molecule has 0 atom stereocenters. The van der Waals surface area contributed by atoms with Crippen LogP contribution in [-0.2, 0) is 0 Å². The van der Waals surface area contributed by atoms with Gasteiger partial charge in [0.25, 0.3) is 5.91 Å². The van der Waals surface area contributed by atoms with E-state index in [4.69, 9.17) is 0 Å². The highest BCUT2D eigenvalue weighted by Gasteiger charge is 2.20. The van der Waals surface area contributed by atoms with Crippen LogP contribution in [0.3, 0.4) is 0 Å². The van der Waals surface area contributed by atoms with E-state index in [0.29, 0.717) is 11.6 Å².